The fourth-order valence-corrected chi connectivity index (χ4v) is 4.55. The molecule has 0 saturated carbocycles. The minimum absolute atomic E-state index is 0.0693. The van der Waals surface area contributed by atoms with Gasteiger partial charge in [0, 0.05) is 17.4 Å². The predicted octanol–water partition coefficient (Wildman–Crippen LogP) is 4.90. The number of H-pyrrole nitrogens is 1. The first kappa shape index (κ1) is 24.6. The van der Waals surface area contributed by atoms with E-state index in [1.165, 1.54) is 13.0 Å². The fourth-order valence-electron chi connectivity index (χ4n) is 4.55. The van der Waals surface area contributed by atoms with Crippen LogP contribution in [-0.4, -0.2) is 39.9 Å². The summed E-state index contributed by atoms with van der Waals surface area (Å²) in [4.78, 5) is 7.00. The summed E-state index contributed by atoms with van der Waals surface area (Å²) in [5, 5.41) is 11.8. The lowest BCUT2D eigenvalue weighted by atomic mass is 9.77. The third-order valence-corrected chi connectivity index (χ3v) is 6.57. The molecule has 0 bridgehead atoms. The molecule has 4 rings (SSSR count). The lowest BCUT2D eigenvalue weighted by Crippen LogP contribution is -2.46. The molecule has 3 aromatic rings. The molecule has 2 heterocycles. The molecule has 0 amide bonds. The Morgan fingerprint density at radius 1 is 1.20 bits per heavy atom. The molecule has 0 radical (unpaired) electrons. The highest BCUT2D eigenvalue weighted by Crippen LogP contribution is 2.59. The van der Waals surface area contributed by atoms with Crippen LogP contribution in [0.25, 0.3) is 11.0 Å². The number of nitrogens with one attached hydrogen (secondary N) is 1. The highest BCUT2D eigenvalue weighted by Gasteiger charge is 2.65. The van der Waals surface area contributed by atoms with Crippen molar-refractivity contribution in [3.8, 4) is 5.75 Å². The summed E-state index contributed by atoms with van der Waals surface area (Å²) in [5.41, 5.74) is 2.45. The van der Waals surface area contributed by atoms with E-state index in [-0.39, 0.29) is 28.0 Å². The number of aromatic nitrogens is 2. The molecule has 4 atom stereocenters. The van der Waals surface area contributed by atoms with Gasteiger partial charge in [-0.1, -0.05) is 18.1 Å². The monoisotopic (exact) mass is 502 g/mol. The van der Waals surface area contributed by atoms with E-state index in [1.54, 1.807) is 0 Å². The quantitative estimate of drug-likeness (QED) is 0.155. The van der Waals surface area contributed by atoms with Gasteiger partial charge in [0.2, 0.25) is 5.82 Å². The van der Waals surface area contributed by atoms with Gasteiger partial charge in [0.25, 0.3) is 0 Å². The molecule has 1 aromatic heterocycles. The molecule has 35 heavy (non-hydrogen) atoms. The summed E-state index contributed by atoms with van der Waals surface area (Å²) in [7, 11) is 1.06. The number of hydrogen-bond acceptors (Lipinski definition) is 5. The molecule has 4 N–H and O–H groups in total. The Morgan fingerprint density at radius 2 is 1.86 bits per heavy atom. The number of rotatable bonds is 4. The lowest BCUT2D eigenvalue weighted by Gasteiger charge is -2.32. The zero-order valence-corrected chi connectivity index (χ0v) is 18.5. The van der Waals surface area contributed by atoms with Gasteiger partial charge in [-0.2, -0.15) is 17.6 Å². The minimum Gasteiger partial charge on any atom is -0.493 e. The SMILES string of the molecule is COc1c([C@H]2[C@H](c3nc4c(C(N)=NO)c(F)ccc4[nH]3)O[C@@](C)(C(F)(F)F)[C@H]2C)ccc(F)c1F. The van der Waals surface area contributed by atoms with Gasteiger partial charge in [-0.15, -0.1) is 0 Å². The summed E-state index contributed by atoms with van der Waals surface area (Å²) in [6, 6.07) is 4.18. The number of methoxy groups -OCH3 is 1. The first-order valence-electron chi connectivity index (χ1n) is 10.3. The number of aromatic amines is 1. The molecular weight excluding hydrogens is 482 g/mol. The van der Waals surface area contributed by atoms with Crippen LogP contribution in [0.3, 0.4) is 0 Å². The number of hydrogen-bond donors (Lipinski definition) is 3. The standard InChI is InChI=1S/C22H20F6N4O3/c1-8-13(9-4-5-11(24)15(25)17(9)34-3)18(35-21(8,2)22(26,27)28)20-30-12-7-6-10(23)14(16(12)31-20)19(29)32-33/h4-8,13,18,33H,1-3H3,(H2,29,32)(H,30,31)/t8-,13-,18+,21+/m0/s1. The van der Waals surface area contributed by atoms with Crippen LogP contribution < -0.4 is 10.5 Å². The second-order valence-electron chi connectivity index (χ2n) is 8.37. The summed E-state index contributed by atoms with van der Waals surface area (Å²) in [6.07, 6.45) is -6.31. The average molecular weight is 502 g/mol. The first-order chi connectivity index (χ1) is 16.4. The van der Waals surface area contributed by atoms with Crippen LogP contribution in [0.15, 0.2) is 29.4 Å². The number of fused-ring (bicyclic) bond motifs is 1. The summed E-state index contributed by atoms with van der Waals surface area (Å²) < 4.78 is 95.7. The van der Waals surface area contributed by atoms with Crippen molar-refractivity contribution < 1.29 is 41.0 Å². The van der Waals surface area contributed by atoms with E-state index >= 15 is 0 Å². The molecule has 0 spiro atoms. The van der Waals surface area contributed by atoms with Crippen LogP contribution in [0, 0.1) is 23.4 Å². The largest absolute Gasteiger partial charge is 0.493 e. The molecule has 0 aliphatic carbocycles. The summed E-state index contributed by atoms with van der Waals surface area (Å²) >= 11 is 0. The topological polar surface area (TPSA) is 106 Å². The van der Waals surface area contributed by atoms with Crippen molar-refractivity contribution >= 4 is 16.9 Å². The molecule has 1 fully saturated rings. The number of alkyl halides is 3. The fraction of sp³-hybridized carbons (Fsp3) is 0.364. The normalized spacial score (nSPS) is 25.4. The van der Waals surface area contributed by atoms with Crippen LogP contribution in [0.2, 0.25) is 0 Å². The van der Waals surface area contributed by atoms with Crippen LogP contribution in [0.1, 0.15) is 42.8 Å². The average Bonchev–Trinajstić information content (AvgIpc) is 3.34. The van der Waals surface area contributed by atoms with Crippen LogP contribution >= 0.6 is 0 Å². The van der Waals surface area contributed by atoms with Gasteiger partial charge in [-0.25, -0.2) is 13.8 Å². The number of imidazole rings is 1. The Balaban J connectivity index is 1.96. The molecule has 7 nitrogen and oxygen atoms in total. The van der Waals surface area contributed by atoms with Crippen molar-refractivity contribution in [3.05, 3.63) is 58.7 Å². The van der Waals surface area contributed by atoms with E-state index in [4.69, 9.17) is 20.4 Å². The Bertz CT molecular complexity index is 1320. The van der Waals surface area contributed by atoms with E-state index < -0.39 is 58.8 Å². The number of amidine groups is 1. The second kappa shape index (κ2) is 8.33. The molecule has 0 unspecified atom stereocenters. The smallest absolute Gasteiger partial charge is 0.417 e. The van der Waals surface area contributed by atoms with E-state index in [1.807, 2.05) is 0 Å². The van der Waals surface area contributed by atoms with Crippen molar-refractivity contribution in [2.24, 2.45) is 16.8 Å². The van der Waals surface area contributed by atoms with Crippen LogP contribution in [0.4, 0.5) is 26.3 Å². The van der Waals surface area contributed by atoms with Gasteiger partial charge in [-0.05, 0) is 25.1 Å². The van der Waals surface area contributed by atoms with Gasteiger partial charge in [0.1, 0.15) is 23.3 Å². The number of nitrogens with two attached hydrogens (primary N) is 1. The first-order valence-corrected chi connectivity index (χ1v) is 10.3. The minimum atomic E-state index is -4.84. The number of halogens is 6. The third kappa shape index (κ3) is 3.65. The zero-order valence-electron chi connectivity index (χ0n) is 18.5. The van der Waals surface area contributed by atoms with E-state index in [9.17, 15) is 26.3 Å². The van der Waals surface area contributed by atoms with Gasteiger partial charge < -0.3 is 25.4 Å². The van der Waals surface area contributed by atoms with Gasteiger partial charge >= 0.3 is 6.18 Å². The molecule has 188 valence electrons. The molecule has 1 aliphatic heterocycles. The van der Waals surface area contributed by atoms with Crippen molar-refractivity contribution in [2.45, 2.75) is 37.6 Å². The Labute approximate surface area is 194 Å². The molecular formula is C22H20F6N4O3. The van der Waals surface area contributed by atoms with Crippen LogP contribution in [-0.2, 0) is 4.74 Å². The van der Waals surface area contributed by atoms with Crippen molar-refractivity contribution in [1.29, 1.82) is 0 Å². The van der Waals surface area contributed by atoms with Gasteiger partial charge in [0.05, 0.1) is 18.2 Å². The number of benzene rings is 2. The second-order valence-corrected chi connectivity index (χ2v) is 8.37. The summed E-state index contributed by atoms with van der Waals surface area (Å²) in [5.74, 6) is -7.36. The highest BCUT2D eigenvalue weighted by molar-refractivity contribution is 6.07. The van der Waals surface area contributed by atoms with E-state index in [0.717, 1.165) is 32.2 Å². The van der Waals surface area contributed by atoms with Gasteiger partial charge in [0.15, 0.2) is 23.0 Å². The molecule has 1 aliphatic rings. The number of nitrogens with zero attached hydrogens (tertiary/aromatic N) is 2. The molecule has 1 saturated heterocycles. The maximum Gasteiger partial charge on any atom is 0.417 e. The lowest BCUT2D eigenvalue weighted by molar-refractivity contribution is -0.275. The van der Waals surface area contributed by atoms with Crippen LogP contribution in [0.5, 0.6) is 5.75 Å². The maximum atomic E-state index is 14.5. The Morgan fingerprint density at radius 3 is 2.46 bits per heavy atom. The maximum absolute atomic E-state index is 14.5. The van der Waals surface area contributed by atoms with E-state index in [2.05, 4.69) is 15.1 Å². The number of oxime groups is 1. The Kier molecular flexibility index (Phi) is 5.86. The number of ether oxygens (including phenoxy) is 2. The predicted molar refractivity (Wildman–Crippen MR) is 112 cm³/mol. The summed E-state index contributed by atoms with van der Waals surface area (Å²) in [6.45, 7) is 2.12. The highest BCUT2D eigenvalue weighted by atomic mass is 19.4. The van der Waals surface area contributed by atoms with Gasteiger partial charge in [-0.3, -0.25) is 0 Å². The van der Waals surface area contributed by atoms with Crippen molar-refractivity contribution in [2.75, 3.05) is 7.11 Å². The van der Waals surface area contributed by atoms with Crippen molar-refractivity contribution in [3.63, 3.8) is 0 Å². The van der Waals surface area contributed by atoms with E-state index in [0.29, 0.717) is 0 Å². The third-order valence-electron chi connectivity index (χ3n) is 6.57. The molecule has 13 heteroatoms. The molecule has 2 aromatic carbocycles. The Hall–Kier alpha value is -3.48. The van der Waals surface area contributed by atoms with Crippen molar-refractivity contribution in [1.82, 2.24) is 9.97 Å². The zero-order chi connectivity index (χ0) is 25.9.